The van der Waals surface area contributed by atoms with E-state index in [1.807, 2.05) is 0 Å². The van der Waals surface area contributed by atoms with E-state index in [0.29, 0.717) is 0 Å². The number of allylic oxidation sites excluding steroid dienone is 4. The summed E-state index contributed by atoms with van der Waals surface area (Å²) in [4.78, 5) is 3.79. The largest absolute Gasteiger partial charge is 0.332 e. The molecule has 0 radical (unpaired) electrons. The van der Waals surface area contributed by atoms with Crippen molar-refractivity contribution >= 4 is 8.24 Å². The van der Waals surface area contributed by atoms with Crippen molar-refractivity contribution in [3.8, 4) is 0 Å². The lowest BCUT2D eigenvalue weighted by Gasteiger charge is -2.33. The predicted octanol–water partition coefficient (Wildman–Crippen LogP) is 3.47. The van der Waals surface area contributed by atoms with E-state index in [-0.39, 0.29) is 5.54 Å². The van der Waals surface area contributed by atoms with Gasteiger partial charge in [0.1, 0.15) is 8.24 Å². The Morgan fingerprint density at radius 2 is 2.00 bits per heavy atom. The van der Waals surface area contributed by atoms with Crippen LogP contribution in [0.25, 0.3) is 0 Å². The van der Waals surface area contributed by atoms with Gasteiger partial charge in [0.2, 0.25) is 0 Å². The van der Waals surface area contributed by atoms with Gasteiger partial charge in [0.25, 0.3) is 0 Å². The maximum atomic E-state index is 3.79. The van der Waals surface area contributed by atoms with E-state index in [1.165, 1.54) is 12.5 Å². The minimum absolute atomic E-state index is 0.252. The van der Waals surface area contributed by atoms with Crippen molar-refractivity contribution in [1.82, 2.24) is 4.98 Å². The van der Waals surface area contributed by atoms with Crippen LogP contribution in [-0.2, 0) is 0 Å². The number of rotatable bonds is 3. The quantitative estimate of drug-likeness (QED) is 0.702. The molecule has 0 amide bonds. The van der Waals surface area contributed by atoms with Crippen LogP contribution >= 0.6 is 0 Å². The van der Waals surface area contributed by atoms with Gasteiger partial charge in [-0.05, 0) is 33.2 Å². The van der Waals surface area contributed by atoms with Gasteiger partial charge in [0.15, 0.2) is 0 Å². The first kappa shape index (κ1) is 11.7. The summed E-state index contributed by atoms with van der Waals surface area (Å²) < 4.78 is 0. The van der Waals surface area contributed by atoms with E-state index in [1.54, 1.807) is 5.57 Å². The van der Waals surface area contributed by atoms with E-state index >= 15 is 0 Å². The third kappa shape index (κ3) is 4.25. The zero-order valence-electron chi connectivity index (χ0n) is 10.1. The van der Waals surface area contributed by atoms with Crippen LogP contribution in [-0.4, -0.2) is 13.8 Å². The van der Waals surface area contributed by atoms with Gasteiger partial charge in [-0.2, -0.15) is 0 Å². The molecule has 0 saturated heterocycles. The normalized spacial score (nSPS) is 17.4. The van der Waals surface area contributed by atoms with Gasteiger partial charge in [-0.1, -0.05) is 36.9 Å². The topological polar surface area (TPSA) is 12.0 Å². The molecule has 1 N–H and O–H groups in total. The predicted molar refractivity (Wildman–Crippen MR) is 67.0 cm³/mol. The molecule has 0 saturated carbocycles. The second-order valence-corrected chi connectivity index (χ2v) is 10.3. The van der Waals surface area contributed by atoms with E-state index in [4.69, 9.17) is 0 Å². The molecule has 80 valence electrons. The Labute approximate surface area is 89.4 Å². The van der Waals surface area contributed by atoms with Crippen molar-refractivity contribution in [3.63, 3.8) is 0 Å². The second kappa shape index (κ2) is 4.03. The highest BCUT2D eigenvalue weighted by Crippen LogP contribution is 2.22. The Balaban J connectivity index is 2.49. The zero-order valence-corrected chi connectivity index (χ0v) is 11.1. The average molecular weight is 209 g/mol. The van der Waals surface area contributed by atoms with E-state index in [9.17, 15) is 0 Å². The van der Waals surface area contributed by atoms with Crippen LogP contribution in [0.1, 0.15) is 27.2 Å². The zero-order chi connectivity index (χ0) is 10.8. The first-order valence-corrected chi connectivity index (χ1v) is 8.63. The minimum Gasteiger partial charge on any atom is -0.332 e. The van der Waals surface area contributed by atoms with Gasteiger partial charge < -0.3 is 4.98 Å². The smallest absolute Gasteiger partial charge is 0.123 e. The molecule has 14 heavy (non-hydrogen) atoms. The highest BCUT2D eigenvalue weighted by molar-refractivity contribution is 6.75. The van der Waals surface area contributed by atoms with Crippen molar-refractivity contribution in [2.24, 2.45) is 0 Å². The lowest BCUT2D eigenvalue weighted by Crippen LogP contribution is -2.54. The third-order valence-corrected chi connectivity index (χ3v) is 5.00. The molecule has 0 bridgehead atoms. The van der Waals surface area contributed by atoms with Crippen LogP contribution in [0.15, 0.2) is 23.8 Å². The van der Waals surface area contributed by atoms with Crippen molar-refractivity contribution in [2.75, 3.05) is 0 Å². The van der Waals surface area contributed by atoms with Gasteiger partial charge >= 0.3 is 0 Å². The highest BCUT2D eigenvalue weighted by atomic mass is 28.3. The SMILES string of the molecule is CC(C)(C)N[Si](C)(C)CC1=CC=CC1. The Morgan fingerprint density at radius 1 is 1.36 bits per heavy atom. The molecular formula is C12H23NSi. The van der Waals surface area contributed by atoms with Crippen molar-refractivity contribution in [2.45, 2.75) is 51.9 Å². The molecule has 1 aliphatic rings. The number of hydrogen-bond acceptors (Lipinski definition) is 1. The molecule has 0 heterocycles. The lowest BCUT2D eigenvalue weighted by atomic mass is 10.1. The molecule has 2 heteroatoms. The molecule has 0 fully saturated rings. The average Bonchev–Trinajstić information content (AvgIpc) is 2.31. The fraction of sp³-hybridized carbons (Fsp3) is 0.667. The first-order chi connectivity index (χ1) is 6.29. The summed E-state index contributed by atoms with van der Waals surface area (Å²) in [5.74, 6) is 0. The van der Waals surface area contributed by atoms with Gasteiger partial charge in [-0.3, -0.25) is 0 Å². The van der Waals surface area contributed by atoms with Crippen molar-refractivity contribution < 1.29 is 0 Å². The van der Waals surface area contributed by atoms with Gasteiger partial charge in [-0.15, -0.1) is 0 Å². The van der Waals surface area contributed by atoms with Crippen LogP contribution in [0.2, 0.25) is 19.1 Å². The summed E-state index contributed by atoms with van der Waals surface area (Å²) in [7, 11) is -1.26. The number of hydrogen-bond donors (Lipinski definition) is 1. The van der Waals surface area contributed by atoms with E-state index in [2.05, 4.69) is 57.1 Å². The first-order valence-electron chi connectivity index (χ1n) is 5.42. The second-order valence-electron chi connectivity index (χ2n) is 5.89. The van der Waals surface area contributed by atoms with E-state index < -0.39 is 8.24 Å². The molecule has 1 rings (SSSR count). The summed E-state index contributed by atoms with van der Waals surface area (Å²) in [5.41, 5.74) is 1.85. The molecule has 1 aliphatic carbocycles. The maximum Gasteiger partial charge on any atom is 0.123 e. The molecule has 1 nitrogen and oxygen atoms in total. The fourth-order valence-corrected chi connectivity index (χ4v) is 5.77. The van der Waals surface area contributed by atoms with E-state index in [0.717, 1.165) is 0 Å². The monoisotopic (exact) mass is 209 g/mol. The highest BCUT2D eigenvalue weighted by Gasteiger charge is 2.27. The van der Waals surface area contributed by atoms with Crippen LogP contribution in [0.4, 0.5) is 0 Å². The minimum atomic E-state index is -1.26. The summed E-state index contributed by atoms with van der Waals surface area (Å²) in [6.45, 7) is 11.6. The van der Waals surface area contributed by atoms with Gasteiger partial charge in [0.05, 0.1) is 0 Å². The standard InChI is InChI=1S/C12H23NSi/c1-12(2,3)13-14(4,5)10-11-8-6-7-9-11/h6-8,13H,9-10H2,1-5H3. The molecule has 0 aromatic rings. The molecule has 0 spiro atoms. The molecular weight excluding hydrogens is 186 g/mol. The van der Waals surface area contributed by atoms with Crippen molar-refractivity contribution in [3.05, 3.63) is 23.8 Å². The summed E-state index contributed by atoms with van der Waals surface area (Å²) in [5, 5.41) is 0. The summed E-state index contributed by atoms with van der Waals surface area (Å²) >= 11 is 0. The maximum absolute atomic E-state index is 3.79. The fourth-order valence-electron chi connectivity index (χ4n) is 2.25. The Morgan fingerprint density at radius 3 is 2.43 bits per heavy atom. The molecule has 0 aliphatic heterocycles. The van der Waals surface area contributed by atoms with Crippen LogP contribution < -0.4 is 4.98 Å². The lowest BCUT2D eigenvalue weighted by molar-refractivity contribution is 0.512. The van der Waals surface area contributed by atoms with Crippen LogP contribution in [0.5, 0.6) is 0 Å². The molecule has 0 aromatic carbocycles. The van der Waals surface area contributed by atoms with Crippen LogP contribution in [0.3, 0.4) is 0 Å². The number of nitrogens with one attached hydrogen (secondary N) is 1. The van der Waals surface area contributed by atoms with Crippen LogP contribution in [0, 0.1) is 0 Å². The Hall–Kier alpha value is -0.343. The Kier molecular flexibility index (Phi) is 3.38. The van der Waals surface area contributed by atoms with Gasteiger partial charge in [0, 0.05) is 5.54 Å². The Bertz CT molecular complexity index is 256. The molecule has 0 atom stereocenters. The summed E-state index contributed by atoms with van der Waals surface area (Å²) in [6, 6.07) is 1.28. The third-order valence-electron chi connectivity index (χ3n) is 2.23. The summed E-state index contributed by atoms with van der Waals surface area (Å²) in [6.07, 6.45) is 7.87. The van der Waals surface area contributed by atoms with Gasteiger partial charge in [-0.25, -0.2) is 0 Å². The van der Waals surface area contributed by atoms with Crippen molar-refractivity contribution in [1.29, 1.82) is 0 Å². The molecule has 0 unspecified atom stereocenters. The molecule has 0 aromatic heterocycles.